The van der Waals surface area contributed by atoms with Crippen molar-refractivity contribution in [3.8, 4) is 5.75 Å². The third kappa shape index (κ3) is 4.83. The summed E-state index contributed by atoms with van der Waals surface area (Å²) >= 11 is 0. The molecule has 24 heavy (non-hydrogen) atoms. The summed E-state index contributed by atoms with van der Waals surface area (Å²) in [5.41, 5.74) is 1.74. The van der Waals surface area contributed by atoms with E-state index in [0.29, 0.717) is 0 Å². The zero-order chi connectivity index (χ0) is 17.4. The van der Waals surface area contributed by atoms with Gasteiger partial charge < -0.3 is 10.1 Å². The van der Waals surface area contributed by atoms with Crippen LogP contribution in [0.25, 0.3) is 0 Å². The van der Waals surface area contributed by atoms with Crippen molar-refractivity contribution in [1.29, 1.82) is 0 Å². The molecule has 1 N–H and O–H groups in total. The SMILES string of the molecule is CCCCN(C)C(C(=O)Nc1cccc(OC)c1)c1ccccc1. The molecular formula is C20H26N2O2. The third-order valence-electron chi connectivity index (χ3n) is 4.01. The van der Waals surface area contributed by atoms with Crippen LogP contribution in [0.15, 0.2) is 54.6 Å². The number of carbonyl (C=O) groups is 1. The Labute approximate surface area is 144 Å². The normalized spacial score (nSPS) is 12.0. The van der Waals surface area contributed by atoms with E-state index >= 15 is 0 Å². The number of carbonyl (C=O) groups excluding carboxylic acids is 1. The number of rotatable bonds is 8. The second-order valence-corrected chi connectivity index (χ2v) is 5.87. The average molecular weight is 326 g/mol. The molecule has 0 aliphatic heterocycles. The van der Waals surface area contributed by atoms with Gasteiger partial charge in [-0.2, -0.15) is 0 Å². The predicted molar refractivity (Wildman–Crippen MR) is 98.3 cm³/mol. The largest absolute Gasteiger partial charge is 0.497 e. The first-order chi connectivity index (χ1) is 11.7. The van der Waals surface area contributed by atoms with Crippen molar-refractivity contribution in [3.05, 3.63) is 60.2 Å². The lowest BCUT2D eigenvalue weighted by Gasteiger charge is -2.27. The Morgan fingerprint density at radius 2 is 1.92 bits per heavy atom. The summed E-state index contributed by atoms with van der Waals surface area (Å²) in [6, 6.07) is 17.0. The maximum Gasteiger partial charge on any atom is 0.246 e. The summed E-state index contributed by atoms with van der Waals surface area (Å²) in [5, 5.41) is 3.01. The second kappa shape index (κ2) is 9.08. The van der Waals surface area contributed by atoms with Crippen LogP contribution in [0.5, 0.6) is 5.75 Å². The van der Waals surface area contributed by atoms with E-state index in [1.807, 2.05) is 61.6 Å². The van der Waals surface area contributed by atoms with Crippen molar-refractivity contribution >= 4 is 11.6 Å². The van der Waals surface area contributed by atoms with Crippen LogP contribution in [0, 0.1) is 0 Å². The van der Waals surface area contributed by atoms with Gasteiger partial charge in [0.2, 0.25) is 5.91 Å². The van der Waals surface area contributed by atoms with E-state index in [9.17, 15) is 4.79 Å². The number of unbranched alkanes of at least 4 members (excludes halogenated alkanes) is 1. The molecular weight excluding hydrogens is 300 g/mol. The van der Waals surface area contributed by atoms with Crippen LogP contribution in [0.4, 0.5) is 5.69 Å². The van der Waals surface area contributed by atoms with Gasteiger partial charge in [0.25, 0.3) is 0 Å². The first-order valence-electron chi connectivity index (χ1n) is 8.35. The number of amides is 1. The number of ether oxygens (including phenoxy) is 1. The zero-order valence-corrected chi connectivity index (χ0v) is 14.7. The summed E-state index contributed by atoms with van der Waals surface area (Å²) < 4.78 is 5.22. The Hall–Kier alpha value is -2.33. The fourth-order valence-corrected chi connectivity index (χ4v) is 2.69. The van der Waals surface area contributed by atoms with E-state index in [4.69, 9.17) is 4.74 Å². The number of methoxy groups -OCH3 is 1. The first kappa shape index (κ1) is 18.0. The van der Waals surface area contributed by atoms with Gasteiger partial charge in [0.1, 0.15) is 11.8 Å². The summed E-state index contributed by atoms with van der Waals surface area (Å²) in [6.07, 6.45) is 2.16. The summed E-state index contributed by atoms with van der Waals surface area (Å²) in [5.74, 6) is 0.691. The van der Waals surface area contributed by atoms with Gasteiger partial charge >= 0.3 is 0 Å². The van der Waals surface area contributed by atoms with Gasteiger partial charge in [-0.05, 0) is 37.7 Å². The van der Waals surface area contributed by atoms with Crippen molar-refractivity contribution in [3.63, 3.8) is 0 Å². The van der Waals surface area contributed by atoms with Crippen LogP contribution in [-0.4, -0.2) is 31.5 Å². The fourth-order valence-electron chi connectivity index (χ4n) is 2.69. The maximum absolute atomic E-state index is 12.9. The third-order valence-corrected chi connectivity index (χ3v) is 4.01. The summed E-state index contributed by atoms with van der Waals surface area (Å²) in [6.45, 7) is 3.03. The fraction of sp³-hybridized carbons (Fsp3) is 0.350. The van der Waals surface area contributed by atoms with E-state index in [1.54, 1.807) is 7.11 Å². The van der Waals surface area contributed by atoms with Crippen LogP contribution >= 0.6 is 0 Å². The predicted octanol–water partition coefficient (Wildman–Crippen LogP) is 4.11. The first-order valence-corrected chi connectivity index (χ1v) is 8.35. The van der Waals surface area contributed by atoms with Crippen molar-refractivity contribution in [2.24, 2.45) is 0 Å². The Kier molecular flexibility index (Phi) is 6.82. The molecule has 4 heteroatoms. The molecule has 0 heterocycles. The van der Waals surface area contributed by atoms with Crippen molar-refractivity contribution in [2.75, 3.05) is 26.0 Å². The molecule has 0 bridgehead atoms. The van der Waals surface area contributed by atoms with E-state index in [1.165, 1.54) is 0 Å². The number of hydrogen-bond acceptors (Lipinski definition) is 3. The summed E-state index contributed by atoms with van der Waals surface area (Å²) in [4.78, 5) is 15.0. The van der Waals surface area contributed by atoms with E-state index in [2.05, 4.69) is 17.1 Å². The minimum atomic E-state index is -0.316. The molecule has 2 rings (SSSR count). The van der Waals surface area contributed by atoms with E-state index in [-0.39, 0.29) is 11.9 Å². The zero-order valence-electron chi connectivity index (χ0n) is 14.7. The molecule has 0 aromatic heterocycles. The average Bonchev–Trinajstić information content (AvgIpc) is 2.61. The van der Waals surface area contributed by atoms with Crippen LogP contribution in [0.3, 0.4) is 0 Å². The van der Waals surface area contributed by atoms with Crippen molar-refractivity contribution in [1.82, 2.24) is 4.90 Å². The van der Waals surface area contributed by atoms with Gasteiger partial charge in [0, 0.05) is 11.8 Å². The molecule has 0 fully saturated rings. The highest BCUT2D eigenvalue weighted by Gasteiger charge is 2.24. The molecule has 2 aromatic carbocycles. The lowest BCUT2D eigenvalue weighted by Crippen LogP contribution is -2.35. The highest BCUT2D eigenvalue weighted by molar-refractivity contribution is 5.95. The monoisotopic (exact) mass is 326 g/mol. The van der Waals surface area contributed by atoms with Crippen LogP contribution in [-0.2, 0) is 4.79 Å². The maximum atomic E-state index is 12.9. The van der Waals surface area contributed by atoms with E-state index < -0.39 is 0 Å². The highest BCUT2D eigenvalue weighted by Crippen LogP contribution is 2.23. The van der Waals surface area contributed by atoms with Gasteiger partial charge in [0.15, 0.2) is 0 Å². The Bertz CT molecular complexity index is 643. The Morgan fingerprint density at radius 1 is 1.17 bits per heavy atom. The highest BCUT2D eigenvalue weighted by atomic mass is 16.5. The lowest BCUT2D eigenvalue weighted by atomic mass is 10.0. The molecule has 1 unspecified atom stereocenters. The van der Waals surface area contributed by atoms with Gasteiger partial charge in [-0.1, -0.05) is 49.7 Å². The molecule has 4 nitrogen and oxygen atoms in total. The minimum absolute atomic E-state index is 0.0342. The molecule has 1 amide bonds. The van der Waals surface area contributed by atoms with Gasteiger partial charge in [-0.15, -0.1) is 0 Å². The molecule has 0 radical (unpaired) electrons. The molecule has 128 valence electrons. The van der Waals surface area contributed by atoms with Crippen LogP contribution in [0.1, 0.15) is 31.4 Å². The van der Waals surface area contributed by atoms with Crippen LogP contribution in [0.2, 0.25) is 0 Å². The van der Waals surface area contributed by atoms with Gasteiger partial charge in [-0.3, -0.25) is 9.69 Å². The molecule has 0 aliphatic rings. The molecule has 0 aliphatic carbocycles. The number of benzene rings is 2. The molecule has 0 saturated heterocycles. The smallest absolute Gasteiger partial charge is 0.246 e. The number of likely N-dealkylation sites (N-methyl/N-ethyl adjacent to an activating group) is 1. The quantitative estimate of drug-likeness (QED) is 0.794. The Morgan fingerprint density at radius 3 is 2.58 bits per heavy atom. The topological polar surface area (TPSA) is 41.6 Å². The van der Waals surface area contributed by atoms with Gasteiger partial charge in [0.05, 0.1) is 7.11 Å². The summed E-state index contributed by atoms with van der Waals surface area (Å²) in [7, 11) is 3.62. The Balaban J connectivity index is 2.20. The minimum Gasteiger partial charge on any atom is -0.497 e. The standard InChI is InChI=1S/C20H26N2O2/c1-4-5-14-22(2)19(16-10-7-6-8-11-16)20(23)21-17-12-9-13-18(15-17)24-3/h6-13,15,19H,4-5,14H2,1-3H3,(H,21,23). The number of nitrogens with one attached hydrogen (secondary N) is 1. The van der Waals surface area contributed by atoms with Crippen molar-refractivity contribution < 1.29 is 9.53 Å². The molecule has 2 aromatic rings. The van der Waals surface area contributed by atoms with Gasteiger partial charge in [-0.25, -0.2) is 0 Å². The number of hydrogen-bond donors (Lipinski definition) is 1. The lowest BCUT2D eigenvalue weighted by molar-refractivity contribution is -0.121. The molecule has 0 saturated carbocycles. The van der Waals surface area contributed by atoms with Crippen molar-refractivity contribution in [2.45, 2.75) is 25.8 Å². The number of anilines is 1. The number of nitrogens with zero attached hydrogens (tertiary/aromatic N) is 1. The molecule has 1 atom stereocenters. The molecule has 0 spiro atoms. The van der Waals surface area contributed by atoms with E-state index in [0.717, 1.165) is 36.4 Å². The second-order valence-electron chi connectivity index (χ2n) is 5.87. The van der Waals surface area contributed by atoms with Crippen LogP contribution < -0.4 is 10.1 Å².